The number of halogens is 3. The number of ether oxygens (including phenoxy) is 2. The summed E-state index contributed by atoms with van der Waals surface area (Å²) < 4.78 is 52.5. The van der Waals surface area contributed by atoms with Crippen molar-refractivity contribution in [2.75, 3.05) is 25.3 Å². The highest BCUT2D eigenvalue weighted by Crippen LogP contribution is 2.36. The Bertz CT molecular complexity index is 1210. The van der Waals surface area contributed by atoms with Crippen LogP contribution in [0.25, 0.3) is 5.69 Å². The number of carbonyl (C=O) groups excluding carboxylic acids is 1. The molecular weight excluding hydrogens is 425 g/mol. The van der Waals surface area contributed by atoms with Crippen molar-refractivity contribution >= 4 is 11.6 Å². The summed E-state index contributed by atoms with van der Waals surface area (Å²) in [6, 6.07) is 11.6. The zero-order valence-electron chi connectivity index (χ0n) is 17.1. The number of anilines is 1. The Morgan fingerprint density at radius 1 is 1.16 bits per heavy atom. The molecule has 7 nitrogen and oxygen atoms in total. The topological polar surface area (TPSA) is 68.6 Å². The van der Waals surface area contributed by atoms with Crippen LogP contribution in [0.15, 0.2) is 42.5 Å². The summed E-state index contributed by atoms with van der Waals surface area (Å²) in [5.41, 5.74) is 1.10. The summed E-state index contributed by atoms with van der Waals surface area (Å²) in [5.74, 6) is 0.835. The molecular formula is C22H19F3N4O3. The van der Waals surface area contributed by atoms with E-state index in [0.29, 0.717) is 40.7 Å². The molecule has 0 fully saturated rings. The highest BCUT2D eigenvalue weighted by atomic mass is 19.4. The number of alkyl halides is 3. The predicted molar refractivity (Wildman–Crippen MR) is 109 cm³/mol. The van der Waals surface area contributed by atoms with E-state index in [9.17, 15) is 18.0 Å². The fraction of sp³-hybridized carbons (Fsp3) is 0.273. The minimum Gasteiger partial charge on any atom is -0.454 e. The molecule has 3 aromatic rings. The number of nitrogens with zero attached hydrogens (tertiary/aromatic N) is 3. The maximum atomic E-state index is 13.5. The number of fused-ring (bicyclic) bond motifs is 2. The lowest BCUT2D eigenvalue weighted by Crippen LogP contribution is -2.27. The van der Waals surface area contributed by atoms with Crippen LogP contribution in [0.5, 0.6) is 11.5 Å². The summed E-state index contributed by atoms with van der Waals surface area (Å²) in [6.07, 6.45) is -4.30. The average molecular weight is 444 g/mol. The molecule has 0 saturated carbocycles. The van der Waals surface area contributed by atoms with Crippen molar-refractivity contribution in [1.82, 2.24) is 15.1 Å². The summed E-state index contributed by atoms with van der Waals surface area (Å²) in [4.78, 5) is 14.6. The SMILES string of the molecule is CN(C(=O)c1cccc(-n2nc(C(F)(F)F)c3c2CNCC3)c1)c1ccc2c(c1)OCO2. The number of nitrogens with one attached hydrogen (secondary N) is 1. The lowest BCUT2D eigenvalue weighted by atomic mass is 10.1. The quantitative estimate of drug-likeness (QED) is 0.670. The molecule has 32 heavy (non-hydrogen) atoms. The van der Waals surface area contributed by atoms with E-state index in [0.717, 1.165) is 0 Å². The van der Waals surface area contributed by atoms with E-state index in [2.05, 4.69) is 10.4 Å². The van der Waals surface area contributed by atoms with Gasteiger partial charge in [0.25, 0.3) is 5.91 Å². The van der Waals surface area contributed by atoms with Gasteiger partial charge >= 0.3 is 6.18 Å². The largest absolute Gasteiger partial charge is 0.454 e. The highest BCUT2D eigenvalue weighted by Gasteiger charge is 2.39. The van der Waals surface area contributed by atoms with E-state index in [1.54, 1.807) is 49.5 Å². The number of aromatic nitrogens is 2. The minimum atomic E-state index is -4.54. The lowest BCUT2D eigenvalue weighted by Gasteiger charge is -2.19. The van der Waals surface area contributed by atoms with Crippen LogP contribution in [0.4, 0.5) is 18.9 Å². The summed E-state index contributed by atoms with van der Waals surface area (Å²) in [7, 11) is 1.62. The first-order chi connectivity index (χ1) is 15.3. The van der Waals surface area contributed by atoms with Gasteiger partial charge in [-0.05, 0) is 43.3 Å². The predicted octanol–water partition coefficient (Wildman–Crippen LogP) is 3.54. The van der Waals surface area contributed by atoms with Crippen LogP contribution in [0.2, 0.25) is 0 Å². The van der Waals surface area contributed by atoms with Gasteiger partial charge in [-0.25, -0.2) is 4.68 Å². The van der Waals surface area contributed by atoms with Gasteiger partial charge in [-0.15, -0.1) is 0 Å². The zero-order chi connectivity index (χ0) is 22.5. The van der Waals surface area contributed by atoms with Crippen LogP contribution in [-0.2, 0) is 19.1 Å². The number of amides is 1. The van der Waals surface area contributed by atoms with Crippen molar-refractivity contribution in [2.45, 2.75) is 19.1 Å². The Morgan fingerprint density at radius 2 is 1.97 bits per heavy atom. The highest BCUT2D eigenvalue weighted by molar-refractivity contribution is 6.06. The van der Waals surface area contributed by atoms with Gasteiger partial charge in [-0.3, -0.25) is 4.79 Å². The van der Waals surface area contributed by atoms with Crippen LogP contribution in [0.1, 0.15) is 27.3 Å². The molecule has 0 unspecified atom stereocenters. The van der Waals surface area contributed by atoms with Crippen molar-refractivity contribution in [1.29, 1.82) is 0 Å². The Kier molecular flexibility index (Phi) is 4.81. The minimum absolute atomic E-state index is 0.126. The third-order valence-corrected chi connectivity index (χ3v) is 5.59. The molecule has 1 amide bonds. The lowest BCUT2D eigenvalue weighted by molar-refractivity contribution is -0.142. The van der Waals surface area contributed by atoms with Gasteiger partial charge in [0.1, 0.15) is 0 Å². The molecule has 0 saturated heterocycles. The smallest absolute Gasteiger partial charge is 0.435 e. The van der Waals surface area contributed by atoms with Gasteiger partial charge in [0.05, 0.1) is 11.4 Å². The average Bonchev–Trinajstić information content (AvgIpc) is 3.42. The second-order valence-electron chi connectivity index (χ2n) is 7.56. The molecule has 1 aromatic heterocycles. The standard InChI is InChI=1S/C22H19F3N4O3/c1-28(14-5-6-18-19(10-14)32-12-31-18)21(30)13-3-2-4-15(9-13)29-17-11-26-8-7-16(17)20(27-29)22(23,24)25/h2-6,9-10,26H,7-8,11-12H2,1H3. The Balaban J connectivity index is 1.49. The molecule has 10 heteroatoms. The molecule has 0 radical (unpaired) electrons. The Hall–Kier alpha value is -3.53. The maximum Gasteiger partial charge on any atom is 0.435 e. The molecule has 166 valence electrons. The Morgan fingerprint density at radius 3 is 2.78 bits per heavy atom. The van der Waals surface area contributed by atoms with Crippen molar-refractivity contribution in [2.24, 2.45) is 0 Å². The summed E-state index contributed by atoms with van der Waals surface area (Å²) >= 11 is 0. The molecule has 0 bridgehead atoms. The molecule has 2 aliphatic heterocycles. The molecule has 0 aliphatic carbocycles. The number of hydrogen-bond donors (Lipinski definition) is 1. The second kappa shape index (κ2) is 7.56. The first-order valence-corrected chi connectivity index (χ1v) is 10.00. The normalized spacial score (nSPS) is 14.9. The van der Waals surface area contributed by atoms with Crippen LogP contribution < -0.4 is 19.7 Å². The van der Waals surface area contributed by atoms with Crippen LogP contribution in [0.3, 0.4) is 0 Å². The number of carbonyl (C=O) groups is 1. The third kappa shape index (κ3) is 3.46. The number of rotatable bonds is 3. The van der Waals surface area contributed by atoms with E-state index in [4.69, 9.17) is 9.47 Å². The van der Waals surface area contributed by atoms with Crippen molar-refractivity contribution in [3.8, 4) is 17.2 Å². The molecule has 3 heterocycles. The molecule has 0 spiro atoms. The van der Waals surface area contributed by atoms with E-state index in [1.807, 2.05) is 0 Å². The van der Waals surface area contributed by atoms with Gasteiger partial charge in [0.15, 0.2) is 17.2 Å². The molecule has 5 rings (SSSR count). The molecule has 2 aromatic carbocycles. The Labute approximate surface area is 181 Å². The van der Waals surface area contributed by atoms with Crippen molar-refractivity contribution in [3.05, 3.63) is 65.0 Å². The first kappa shape index (κ1) is 20.4. The molecule has 0 atom stereocenters. The van der Waals surface area contributed by atoms with Gasteiger partial charge in [0.2, 0.25) is 6.79 Å². The fourth-order valence-corrected chi connectivity index (χ4v) is 3.97. The summed E-state index contributed by atoms with van der Waals surface area (Å²) in [5, 5.41) is 6.96. The van der Waals surface area contributed by atoms with E-state index in [-0.39, 0.29) is 31.2 Å². The van der Waals surface area contributed by atoms with Crippen LogP contribution >= 0.6 is 0 Å². The van der Waals surface area contributed by atoms with Gasteiger partial charge in [-0.1, -0.05) is 6.07 Å². The third-order valence-electron chi connectivity index (χ3n) is 5.59. The number of benzene rings is 2. The van der Waals surface area contributed by atoms with Crippen molar-refractivity contribution < 1.29 is 27.4 Å². The van der Waals surface area contributed by atoms with Crippen LogP contribution in [-0.4, -0.2) is 36.1 Å². The first-order valence-electron chi connectivity index (χ1n) is 10.00. The summed E-state index contributed by atoms with van der Waals surface area (Å²) in [6.45, 7) is 0.857. The van der Waals surface area contributed by atoms with Gasteiger partial charge in [0, 0.05) is 36.5 Å². The van der Waals surface area contributed by atoms with Crippen LogP contribution in [0, 0.1) is 0 Å². The zero-order valence-corrected chi connectivity index (χ0v) is 17.1. The van der Waals surface area contributed by atoms with E-state index >= 15 is 0 Å². The monoisotopic (exact) mass is 444 g/mol. The number of hydrogen-bond acceptors (Lipinski definition) is 5. The van der Waals surface area contributed by atoms with Gasteiger partial charge < -0.3 is 19.7 Å². The van der Waals surface area contributed by atoms with Crippen molar-refractivity contribution in [3.63, 3.8) is 0 Å². The second-order valence-corrected chi connectivity index (χ2v) is 7.56. The van der Waals surface area contributed by atoms with Gasteiger partial charge in [-0.2, -0.15) is 18.3 Å². The fourth-order valence-electron chi connectivity index (χ4n) is 3.97. The van der Waals surface area contributed by atoms with E-state index < -0.39 is 11.9 Å². The van der Waals surface area contributed by atoms with E-state index in [1.165, 1.54) is 9.58 Å². The molecule has 2 aliphatic rings. The molecule has 1 N–H and O–H groups in total. The maximum absolute atomic E-state index is 13.5.